The van der Waals surface area contributed by atoms with E-state index in [1.807, 2.05) is 24.3 Å². The van der Waals surface area contributed by atoms with Crippen molar-refractivity contribution in [2.24, 2.45) is 0 Å². The molecule has 6 heteroatoms. The van der Waals surface area contributed by atoms with Gasteiger partial charge in [0.1, 0.15) is 16.5 Å². The van der Waals surface area contributed by atoms with E-state index in [1.54, 1.807) is 7.11 Å². The first kappa shape index (κ1) is 15.3. The molecule has 0 aliphatic carbocycles. The van der Waals surface area contributed by atoms with Crippen LogP contribution in [0.4, 0.5) is 11.5 Å². The lowest BCUT2D eigenvalue weighted by molar-refractivity contribution is 0.0697. The summed E-state index contributed by atoms with van der Waals surface area (Å²) < 4.78 is 5.07. The molecule has 0 radical (unpaired) electrons. The standard InChI is InChI=1S/C15H15ClN2O3/c1-21-9-8-10-4-2-3-5-12(10)17-14-11(15(19)20)6-7-13(16)18-14/h2-7H,8-9H2,1H3,(H,17,18)(H,19,20). The normalized spacial score (nSPS) is 10.4. The van der Waals surface area contributed by atoms with Crippen LogP contribution in [-0.4, -0.2) is 29.8 Å². The number of nitrogens with one attached hydrogen (secondary N) is 1. The number of ether oxygens (including phenoxy) is 1. The van der Waals surface area contributed by atoms with E-state index in [1.165, 1.54) is 12.1 Å². The molecular formula is C15H15ClN2O3. The summed E-state index contributed by atoms with van der Waals surface area (Å²) in [5.74, 6) is -0.837. The highest BCUT2D eigenvalue weighted by molar-refractivity contribution is 6.29. The highest BCUT2D eigenvalue weighted by Gasteiger charge is 2.13. The lowest BCUT2D eigenvalue weighted by atomic mass is 10.1. The zero-order valence-corrected chi connectivity index (χ0v) is 12.2. The van der Waals surface area contributed by atoms with Gasteiger partial charge in [-0.25, -0.2) is 9.78 Å². The SMILES string of the molecule is COCCc1ccccc1Nc1nc(Cl)ccc1C(=O)O. The van der Waals surface area contributed by atoms with Crippen molar-refractivity contribution in [3.05, 3.63) is 52.7 Å². The van der Waals surface area contributed by atoms with Crippen LogP contribution in [0.2, 0.25) is 5.15 Å². The summed E-state index contributed by atoms with van der Waals surface area (Å²) >= 11 is 5.85. The summed E-state index contributed by atoms with van der Waals surface area (Å²) in [6, 6.07) is 10.5. The third-order valence-electron chi connectivity index (χ3n) is 2.94. The molecule has 0 aliphatic heterocycles. The Balaban J connectivity index is 2.34. The number of nitrogens with zero attached hydrogens (tertiary/aromatic N) is 1. The van der Waals surface area contributed by atoms with E-state index >= 15 is 0 Å². The van der Waals surface area contributed by atoms with Gasteiger partial charge in [0.05, 0.1) is 6.61 Å². The molecule has 2 rings (SSSR count). The van der Waals surface area contributed by atoms with Gasteiger partial charge in [-0.15, -0.1) is 0 Å². The number of methoxy groups -OCH3 is 1. The maximum Gasteiger partial charge on any atom is 0.339 e. The van der Waals surface area contributed by atoms with E-state index in [4.69, 9.17) is 16.3 Å². The number of para-hydroxylation sites is 1. The molecule has 2 N–H and O–H groups in total. The fourth-order valence-electron chi connectivity index (χ4n) is 1.90. The average molecular weight is 307 g/mol. The Morgan fingerprint density at radius 3 is 2.81 bits per heavy atom. The van der Waals surface area contributed by atoms with Gasteiger partial charge in [-0.05, 0) is 30.2 Å². The molecule has 21 heavy (non-hydrogen) atoms. The summed E-state index contributed by atoms with van der Waals surface area (Å²) in [6.45, 7) is 0.577. The third-order valence-corrected chi connectivity index (χ3v) is 3.15. The molecule has 0 amide bonds. The maximum atomic E-state index is 11.2. The summed E-state index contributed by atoms with van der Waals surface area (Å²) in [5, 5.41) is 12.5. The lowest BCUT2D eigenvalue weighted by Crippen LogP contribution is -2.07. The Hall–Kier alpha value is -2.11. The fraction of sp³-hybridized carbons (Fsp3) is 0.200. The molecule has 0 aliphatic rings. The van der Waals surface area contributed by atoms with Gasteiger partial charge in [-0.1, -0.05) is 29.8 Å². The minimum absolute atomic E-state index is 0.0703. The maximum absolute atomic E-state index is 11.2. The van der Waals surface area contributed by atoms with Crippen LogP contribution in [0.15, 0.2) is 36.4 Å². The lowest BCUT2D eigenvalue weighted by Gasteiger charge is -2.13. The van der Waals surface area contributed by atoms with E-state index in [9.17, 15) is 9.90 Å². The predicted octanol–water partition coefficient (Wildman–Crippen LogP) is 3.37. The van der Waals surface area contributed by atoms with Crippen molar-refractivity contribution >= 4 is 29.1 Å². The second-order valence-electron chi connectivity index (χ2n) is 4.36. The summed E-state index contributed by atoms with van der Waals surface area (Å²) in [6.07, 6.45) is 0.711. The van der Waals surface area contributed by atoms with E-state index in [-0.39, 0.29) is 16.5 Å². The molecule has 0 unspecified atom stereocenters. The number of carboxylic acid groups (broad SMARTS) is 1. The molecule has 0 saturated heterocycles. The first-order chi connectivity index (χ1) is 10.1. The number of carbonyl (C=O) groups is 1. The summed E-state index contributed by atoms with van der Waals surface area (Å²) in [5.41, 5.74) is 1.87. The van der Waals surface area contributed by atoms with Crippen LogP contribution in [0.1, 0.15) is 15.9 Å². The molecule has 0 spiro atoms. The number of carboxylic acids is 1. The number of hydrogen-bond donors (Lipinski definition) is 2. The minimum atomic E-state index is -1.06. The Labute approximate surface area is 127 Å². The molecule has 0 atom stereocenters. The number of rotatable bonds is 6. The van der Waals surface area contributed by atoms with Gasteiger partial charge in [0.2, 0.25) is 0 Å². The fourth-order valence-corrected chi connectivity index (χ4v) is 2.05. The van der Waals surface area contributed by atoms with Crippen molar-refractivity contribution in [2.45, 2.75) is 6.42 Å². The Kier molecular flexibility index (Phi) is 5.14. The monoisotopic (exact) mass is 306 g/mol. The van der Waals surface area contributed by atoms with Gasteiger partial charge < -0.3 is 15.2 Å². The van der Waals surface area contributed by atoms with Crippen LogP contribution < -0.4 is 5.32 Å². The van der Waals surface area contributed by atoms with Gasteiger partial charge >= 0.3 is 5.97 Å². The number of aromatic carboxylic acids is 1. The van der Waals surface area contributed by atoms with Gasteiger partial charge in [0.15, 0.2) is 0 Å². The zero-order chi connectivity index (χ0) is 15.2. The van der Waals surface area contributed by atoms with Gasteiger partial charge in [-0.2, -0.15) is 0 Å². The van der Waals surface area contributed by atoms with Gasteiger partial charge in [0.25, 0.3) is 0 Å². The first-order valence-corrected chi connectivity index (χ1v) is 6.73. The van der Waals surface area contributed by atoms with Crippen LogP contribution in [-0.2, 0) is 11.2 Å². The van der Waals surface area contributed by atoms with Crippen molar-refractivity contribution in [3.8, 4) is 0 Å². The van der Waals surface area contributed by atoms with E-state index in [0.29, 0.717) is 13.0 Å². The molecule has 1 aromatic carbocycles. The number of aromatic nitrogens is 1. The van der Waals surface area contributed by atoms with Gasteiger partial charge in [0, 0.05) is 12.8 Å². The number of halogens is 1. The Morgan fingerprint density at radius 1 is 1.33 bits per heavy atom. The van der Waals surface area contributed by atoms with Crippen molar-refractivity contribution < 1.29 is 14.6 Å². The van der Waals surface area contributed by atoms with Crippen molar-refractivity contribution in [3.63, 3.8) is 0 Å². The van der Waals surface area contributed by atoms with E-state index < -0.39 is 5.97 Å². The molecule has 110 valence electrons. The molecule has 0 fully saturated rings. The smallest absolute Gasteiger partial charge is 0.339 e. The number of benzene rings is 1. The molecule has 0 saturated carbocycles. The summed E-state index contributed by atoms with van der Waals surface area (Å²) in [7, 11) is 1.64. The largest absolute Gasteiger partial charge is 0.478 e. The first-order valence-electron chi connectivity index (χ1n) is 6.35. The van der Waals surface area contributed by atoms with Crippen molar-refractivity contribution in [2.75, 3.05) is 19.0 Å². The van der Waals surface area contributed by atoms with Crippen LogP contribution in [0, 0.1) is 0 Å². The minimum Gasteiger partial charge on any atom is -0.478 e. The summed E-state index contributed by atoms with van der Waals surface area (Å²) in [4.78, 5) is 15.3. The van der Waals surface area contributed by atoms with E-state index in [0.717, 1.165) is 11.3 Å². The second-order valence-corrected chi connectivity index (χ2v) is 4.75. The Bertz CT molecular complexity index is 647. The number of pyridine rings is 1. The average Bonchev–Trinajstić information content (AvgIpc) is 2.46. The highest BCUT2D eigenvalue weighted by Crippen LogP contribution is 2.24. The molecule has 1 heterocycles. The molecule has 2 aromatic rings. The van der Waals surface area contributed by atoms with Crippen LogP contribution in [0.25, 0.3) is 0 Å². The molecule has 1 aromatic heterocycles. The molecule has 5 nitrogen and oxygen atoms in total. The van der Waals surface area contributed by atoms with Gasteiger partial charge in [-0.3, -0.25) is 0 Å². The number of anilines is 2. The van der Waals surface area contributed by atoms with Crippen LogP contribution in [0.3, 0.4) is 0 Å². The molecule has 0 bridgehead atoms. The van der Waals surface area contributed by atoms with Crippen molar-refractivity contribution in [1.29, 1.82) is 0 Å². The van der Waals surface area contributed by atoms with E-state index in [2.05, 4.69) is 10.3 Å². The third kappa shape index (κ3) is 3.93. The Morgan fingerprint density at radius 2 is 2.10 bits per heavy atom. The quantitative estimate of drug-likeness (QED) is 0.801. The topological polar surface area (TPSA) is 71.5 Å². The highest BCUT2D eigenvalue weighted by atomic mass is 35.5. The predicted molar refractivity (Wildman–Crippen MR) is 81.5 cm³/mol. The second kappa shape index (κ2) is 7.06. The van der Waals surface area contributed by atoms with Crippen LogP contribution in [0.5, 0.6) is 0 Å². The van der Waals surface area contributed by atoms with Crippen LogP contribution >= 0.6 is 11.6 Å². The molecular weight excluding hydrogens is 292 g/mol. The van der Waals surface area contributed by atoms with Crippen molar-refractivity contribution in [1.82, 2.24) is 4.98 Å². The zero-order valence-electron chi connectivity index (χ0n) is 11.5. The number of hydrogen-bond acceptors (Lipinski definition) is 4.